The Morgan fingerprint density at radius 3 is 1.06 bits per heavy atom. The number of nitrogens with zero attached hydrogens (tertiary/aromatic N) is 3. The van der Waals surface area contributed by atoms with Gasteiger partial charge in [-0.3, -0.25) is 9.59 Å². The van der Waals surface area contributed by atoms with E-state index in [2.05, 4.69) is 207 Å². The molecule has 0 aliphatic heterocycles. The van der Waals surface area contributed by atoms with E-state index < -0.39 is 0 Å². The topological polar surface area (TPSA) is 45.0 Å². The molecule has 5 nitrogen and oxygen atoms in total. The van der Waals surface area contributed by atoms with Crippen molar-refractivity contribution >= 4 is 72.2 Å². The molecule has 0 radical (unpaired) electrons. The monoisotopic (exact) mass is 819 g/mol. The fraction of sp³-hybridized carbons (Fsp3) is 0.138. The Morgan fingerprint density at radius 2 is 0.730 bits per heavy atom. The van der Waals surface area contributed by atoms with Gasteiger partial charge in [0.15, 0.2) is 10.9 Å². The Labute approximate surface area is 368 Å². The molecule has 2 heterocycles. The van der Waals surface area contributed by atoms with Gasteiger partial charge in [0.1, 0.15) is 0 Å². The Morgan fingerprint density at radius 1 is 0.381 bits per heavy atom. The number of aromatic nitrogens is 1. The van der Waals surface area contributed by atoms with Crippen LogP contribution in [0.4, 0.5) is 34.1 Å². The first-order valence-electron chi connectivity index (χ1n) is 21.7. The highest BCUT2D eigenvalue weighted by Gasteiger charge is 2.27. The molecule has 0 atom stereocenters. The van der Waals surface area contributed by atoms with Crippen LogP contribution < -0.4 is 20.7 Å². The van der Waals surface area contributed by atoms with Crippen LogP contribution >= 0.6 is 0 Å². The number of para-hydroxylation sites is 4. The van der Waals surface area contributed by atoms with Crippen LogP contribution in [-0.4, -0.2) is 4.40 Å². The predicted octanol–water partition coefficient (Wildman–Crippen LogP) is 14.8. The Hall–Kier alpha value is -7.50. The van der Waals surface area contributed by atoms with Gasteiger partial charge in [-0.25, -0.2) is 0 Å². The summed E-state index contributed by atoms with van der Waals surface area (Å²) >= 11 is 0. The van der Waals surface area contributed by atoms with Crippen molar-refractivity contribution in [2.45, 2.75) is 52.4 Å². The molecule has 0 aliphatic rings. The van der Waals surface area contributed by atoms with Crippen LogP contribution in [0.2, 0.25) is 0 Å². The van der Waals surface area contributed by atoms with E-state index in [9.17, 15) is 0 Å². The minimum absolute atomic E-state index is 0.0991. The van der Waals surface area contributed by atoms with E-state index in [-0.39, 0.29) is 21.7 Å². The zero-order valence-electron chi connectivity index (χ0n) is 36.6. The maximum absolute atomic E-state index is 15.4. The van der Waals surface area contributed by atoms with Crippen molar-refractivity contribution in [2.75, 3.05) is 9.80 Å². The van der Waals surface area contributed by atoms with Crippen molar-refractivity contribution in [3.63, 3.8) is 0 Å². The second-order valence-electron chi connectivity index (χ2n) is 18.6. The third-order valence-corrected chi connectivity index (χ3v) is 12.4. The molecular formula is C58H49N3O2. The first kappa shape index (κ1) is 39.6. The maximum atomic E-state index is 15.4. The Bertz CT molecular complexity index is 3140. The van der Waals surface area contributed by atoms with Gasteiger partial charge >= 0.3 is 0 Å². The summed E-state index contributed by atoms with van der Waals surface area (Å²) in [6, 6.07) is 64.4. The van der Waals surface area contributed by atoms with Gasteiger partial charge in [0.2, 0.25) is 0 Å². The first-order chi connectivity index (χ1) is 30.4. The molecule has 8 aromatic carbocycles. The summed E-state index contributed by atoms with van der Waals surface area (Å²) in [5, 5.41) is 2.24. The smallest absolute Gasteiger partial charge is 0.197 e. The molecule has 308 valence electrons. The summed E-state index contributed by atoms with van der Waals surface area (Å²) in [6.45, 7) is 13.0. The lowest BCUT2D eigenvalue weighted by Crippen LogP contribution is -2.18. The maximum Gasteiger partial charge on any atom is 0.197 e. The van der Waals surface area contributed by atoms with E-state index in [1.54, 1.807) is 0 Å². The number of fused-ring (bicyclic) bond motifs is 4. The molecule has 10 aromatic rings. The average Bonchev–Trinajstić information content (AvgIpc) is 3.29. The molecule has 0 bridgehead atoms. The zero-order chi connectivity index (χ0) is 43.6. The summed E-state index contributed by atoms with van der Waals surface area (Å²) in [6.07, 6.45) is 0. The predicted molar refractivity (Wildman–Crippen MR) is 266 cm³/mol. The molecule has 0 saturated carbocycles. The lowest BCUT2D eigenvalue weighted by molar-refractivity contribution is 0.591. The van der Waals surface area contributed by atoms with Crippen molar-refractivity contribution in [1.29, 1.82) is 0 Å². The standard InChI is InChI=1S/C58H49N3O2/c1-57(2,3)39-30-32-49-45(36-39)55(62)47-34-38(35-48-54(47)61(49)50-33-31-40(58(4,5)6)37-46(50)56(48)63)53-51(59(41-20-11-7-12-21-41)42-22-13-8-14-23-42)28-19-29-52(53)60(43-24-15-9-16-25-43)44-26-17-10-18-27-44/h7-37H,1-6H3. The van der Waals surface area contributed by atoms with Crippen LogP contribution in [0.3, 0.4) is 0 Å². The van der Waals surface area contributed by atoms with Crippen molar-refractivity contribution in [1.82, 2.24) is 4.40 Å². The molecule has 0 spiro atoms. The summed E-state index contributed by atoms with van der Waals surface area (Å²) in [4.78, 5) is 35.3. The number of anilines is 6. The number of rotatable bonds is 7. The van der Waals surface area contributed by atoms with Crippen LogP contribution in [0.5, 0.6) is 0 Å². The van der Waals surface area contributed by atoms with Gasteiger partial charge in [-0.1, -0.05) is 133 Å². The highest BCUT2D eigenvalue weighted by Crippen LogP contribution is 2.49. The molecular weight excluding hydrogens is 771 g/mol. The molecule has 0 N–H and O–H groups in total. The van der Waals surface area contributed by atoms with Gasteiger partial charge in [-0.05, 0) is 125 Å². The zero-order valence-corrected chi connectivity index (χ0v) is 36.6. The fourth-order valence-electron chi connectivity index (χ4n) is 9.15. The van der Waals surface area contributed by atoms with Gasteiger partial charge in [-0.2, -0.15) is 0 Å². The second-order valence-corrected chi connectivity index (χ2v) is 18.6. The van der Waals surface area contributed by atoms with Crippen LogP contribution in [0.1, 0.15) is 52.7 Å². The molecule has 63 heavy (non-hydrogen) atoms. The van der Waals surface area contributed by atoms with E-state index in [0.29, 0.717) is 27.1 Å². The van der Waals surface area contributed by atoms with Gasteiger partial charge in [0, 0.05) is 49.9 Å². The molecule has 0 amide bonds. The van der Waals surface area contributed by atoms with Crippen LogP contribution in [0.15, 0.2) is 198 Å². The molecule has 0 fully saturated rings. The number of hydrogen-bond donors (Lipinski definition) is 0. The SMILES string of the molecule is CC(C)(C)c1ccc2c(c1)c(=O)c1cc(-c3c(N(c4ccccc4)c4ccccc4)cccc3N(c3ccccc3)c3ccccc3)cc3c(=O)c4cc(C(C)(C)C)ccc4n2c13. The van der Waals surface area contributed by atoms with Crippen LogP contribution in [0.25, 0.3) is 49.2 Å². The summed E-state index contributed by atoms with van der Waals surface area (Å²) in [5.41, 5.74) is 11.1. The normalized spacial score (nSPS) is 12.1. The number of benzene rings is 8. The summed E-state index contributed by atoms with van der Waals surface area (Å²) < 4.78 is 2.16. The van der Waals surface area contributed by atoms with E-state index >= 15 is 9.59 Å². The van der Waals surface area contributed by atoms with E-state index in [1.807, 2.05) is 36.4 Å². The lowest BCUT2D eigenvalue weighted by atomic mass is 9.85. The Balaban J connectivity index is 1.41. The third-order valence-electron chi connectivity index (χ3n) is 12.4. The molecule has 2 aromatic heterocycles. The lowest BCUT2D eigenvalue weighted by Gasteiger charge is -2.33. The fourth-order valence-corrected chi connectivity index (χ4v) is 9.15. The van der Waals surface area contributed by atoms with Crippen molar-refractivity contribution in [3.05, 3.63) is 220 Å². The summed E-state index contributed by atoms with van der Waals surface area (Å²) in [7, 11) is 0. The number of hydrogen-bond acceptors (Lipinski definition) is 4. The third kappa shape index (κ3) is 6.81. The molecule has 5 heteroatoms. The minimum Gasteiger partial charge on any atom is -0.310 e. The van der Waals surface area contributed by atoms with Crippen molar-refractivity contribution in [2.24, 2.45) is 0 Å². The van der Waals surface area contributed by atoms with Gasteiger partial charge in [0.25, 0.3) is 0 Å². The number of pyridine rings is 2. The quantitative estimate of drug-likeness (QED) is 0.119. The largest absolute Gasteiger partial charge is 0.310 e. The first-order valence-corrected chi connectivity index (χ1v) is 21.7. The van der Waals surface area contributed by atoms with E-state index in [4.69, 9.17) is 0 Å². The Kier molecular flexibility index (Phi) is 9.52. The highest BCUT2D eigenvalue weighted by molar-refractivity contribution is 6.11. The van der Waals surface area contributed by atoms with Crippen LogP contribution in [0, 0.1) is 0 Å². The van der Waals surface area contributed by atoms with Gasteiger partial charge < -0.3 is 14.2 Å². The highest BCUT2D eigenvalue weighted by atomic mass is 16.1. The molecule has 0 unspecified atom stereocenters. The van der Waals surface area contributed by atoms with Gasteiger partial charge in [0.05, 0.1) is 27.9 Å². The average molecular weight is 820 g/mol. The molecule has 10 rings (SSSR count). The van der Waals surface area contributed by atoms with E-state index in [1.165, 1.54) is 0 Å². The van der Waals surface area contributed by atoms with Crippen molar-refractivity contribution < 1.29 is 0 Å². The molecule has 0 saturated heterocycles. The van der Waals surface area contributed by atoms with E-state index in [0.717, 1.165) is 67.4 Å². The van der Waals surface area contributed by atoms with Crippen LogP contribution in [-0.2, 0) is 10.8 Å². The second kappa shape index (κ2) is 15.1. The molecule has 0 aliphatic carbocycles. The summed E-state index contributed by atoms with van der Waals surface area (Å²) in [5.74, 6) is 0. The minimum atomic E-state index is -0.190. The van der Waals surface area contributed by atoms with Crippen molar-refractivity contribution in [3.8, 4) is 11.1 Å². The van der Waals surface area contributed by atoms with Gasteiger partial charge in [-0.15, -0.1) is 0 Å².